The molecule has 1 aromatic heterocycles. The topological polar surface area (TPSA) is 32.5 Å². The number of para-hydroxylation sites is 2. The Bertz CT molecular complexity index is 3300. The Morgan fingerprint density at radius 2 is 0.774 bits per heavy atom. The summed E-state index contributed by atoms with van der Waals surface area (Å²) in [4.78, 5) is 10.0. The summed E-state index contributed by atoms with van der Waals surface area (Å²) in [6.45, 7) is -0.0587. The lowest BCUT2D eigenvalue weighted by atomic mass is 9.33. The van der Waals surface area contributed by atoms with E-state index in [9.17, 15) is 0 Å². The van der Waals surface area contributed by atoms with E-state index in [1.54, 1.807) is 0 Å². The van der Waals surface area contributed by atoms with Crippen molar-refractivity contribution < 1.29 is 4.42 Å². The Morgan fingerprint density at radius 1 is 0.355 bits per heavy atom. The van der Waals surface area contributed by atoms with Crippen LogP contribution in [0.25, 0.3) is 66.4 Å². The summed E-state index contributed by atoms with van der Waals surface area (Å²) in [6, 6.07) is 79.1. The fourth-order valence-electron chi connectivity index (χ4n) is 9.91. The number of anilines is 6. The van der Waals surface area contributed by atoms with E-state index in [-0.39, 0.29) is 6.71 Å². The van der Waals surface area contributed by atoms with Crippen molar-refractivity contribution in [2.24, 2.45) is 0 Å². The Morgan fingerprint density at radius 3 is 1.26 bits per heavy atom. The summed E-state index contributed by atoms with van der Waals surface area (Å²) in [5.41, 5.74) is 17.7. The number of oxazole rings is 1. The van der Waals surface area contributed by atoms with Crippen molar-refractivity contribution in [1.82, 2.24) is 4.98 Å². The molecule has 0 aliphatic carbocycles. The highest BCUT2D eigenvalue weighted by Gasteiger charge is 2.44. The average molecular weight is 790 g/mol. The van der Waals surface area contributed by atoms with Gasteiger partial charge in [0.1, 0.15) is 5.52 Å². The van der Waals surface area contributed by atoms with Crippen LogP contribution in [0.15, 0.2) is 223 Å². The van der Waals surface area contributed by atoms with Crippen LogP contribution in [-0.2, 0) is 0 Å². The minimum Gasteiger partial charge on any atom is -0.436 e. The number of nitrogens with zero attached hydrogens (tertiary/aromatic N) is 3. The highest BCUT2D eigenvalue weighted by molar-refractivity contribution is 7.00. The monoisotopic (exact) mass is 789 g/mol. The van der Waals surface area contributed by atoms with Crippen LogP contribution in [0.1, 0.15) is 0 Å². The lowest BCUT2D eigenvalue weighted by Gasteiger charge is -2.44. The van der Waals surface area contributed by atoms with Crippen LogP contribution in [0.5, 0.6) is 0 Å². The van der Waals surface area contributed by atoms with Crippen LogP contribution in [0.3, 0.4) is 0 Å². The lowest BCUT2D eigenvalue weighted by molar-refractivity contribution is 0.620. The van der Waals surface area contributed by atoms with Crippen LogP contribution in [-0.4, -0.2) is 11.7 Å². The number of aromatic nitrogens is 1. The SMILES string of the molecule is c1ccc(-c2ccc(N3c4cc5ccccc5cc4B4c5cc6ccccc6cc5N(c5ccc(-c6ccccc6)cc5)c5cc(-c6nc7ccccc7o6)cc3c54)cc2)cc1. The van der Waals surface area contributed by atoms with Crippen molar-refractivity contribution >= 4 is 89.9 Å². The third-order valence-electron chi connectivity index (χ3n) is 12.8. The van der Waals surface area contributed by atoms with E-state index < -0.39 is 0 Å². The molecule has 0 atom stereocenters. The molecule has 4 nitrogen and oxygen atoms in total. The van der Waals surface area contributed by atoms with Gasteiger partial charge in [-0.1, -0.05) is 158 Å². The summed E-state index contributed by atoms with van der Waals surface area (Å²) >= 11 is 0. The van der Waals surface area contributed by atoms with Gasteiger partial charge in [0.2, 0.25) is 5.89 Å². The molecule has 0 N–H and O–H groups in total. The molecule has 10 aromatic carbocycles. The molecule has 0 spiro atoms. The normalized spacial score (nSPS) is 12.7. The molecule has 0 bridgehead atoms. The number of benzene rings is 10. The number of hydrogen-bond donors (Lipinski definition) is 0. The molecule has 0 saturated heterocycles. The van der Waals surface area contributed by atoms with Gasteiger partial charge in [0, 0.05) is 39.7 Å². The second-order valence-corrected chi connectivity index (χ2v) is 16.4. The first kappa shape index (κ1) is 34.7. The maximum Gasteiger partial charge on any atom is 0.252 e. The molecule has 0 fully saturated rings. The van der Waals surface area contributed by atoms with Gasteiger partial charge in [0.05, 0.1) is 0 Å². The molecule has 0 amide bonds. The highest BCUT2D eigenvalue weighted by atomic mass is 16.3. The van der Waals surface area contributed by atoms with E-state index in [1.807, 2.05) is 24.3 Å². The summed E-state index contributed by atoms with van der Waals surface area (Å²) in [5.74, 6) is 0.592. The Labute approximate surface area is 359 Å². The van der Waals surface area contributed by atoms with Gasteiger partial charge in [-0.05, 0) is 121 Å². The fourth-order valence-corrected chi connectivity index (χ4v) is 9.91. The van der Waals surface area contributed by atoms with E-state index >= 15 is 0 Å². The maximum absolute atomic E-state index is 6.61. The Balaban J connectivity index is 1.12. The van der Waals surface area contributed by atoms with Gasteiger partial charge in [-0.3, -0.25) is 0 Å². The molecular weight excluding hydrogens is 753 g/mol. The predicted octanol–water partition coefficient (Wildman–Crippen LogP) is 13.2. The molecular formula is C57H36BN3O. The van der Waals surface area contributed by atoms with Gasteiger partial charge in [0.25, 0.3) is 6.71 Å². The zero-order valence-electron chi connectivity index (χ0n) is 33.6. The zero-order valence-corrected chi connectivity index (χ0v) is 33.6. The van der Waals surface area contributed by atoms with Crippen LogP contribution in [0.2, 0.25) is 0 Å². The van der Waals surface area contributed by atoms with E-state index in [2.05, 4.69) is 204 Å². The Kier molecular flexibility index (Phi) is 7.67. The Hall–Kier alpha value is -8.15. The van der Waals surface area contributed by atoms with Crippen molar-refractivity contribution in [3.8, 4) is 33.7 Å². The van der Waals surface area contributed by atoms with Crippen molar-refractivity contribution in [1.29, 1.82) is 0 Å². The summed E-state index contributed by atoms with van der Waals surface area (Å²) in [6.07, 6.45) is 0. The quantitative estimate of drug-likeness (QED) is 0.163. The van der Waals surface area contributed by atoms with Crippen molar-refractivity contribution in [2.45, 2.75) is 0 Å². The second-order valence-electron chi connectivity index (χ2n) is 16.4. The molecule has 13 rings (SSSR count). The van der Waals surface area contributed by atoms with Gasteiger partial charge in [-0.25, -0.2) is 4.98 Å². The van der Waals surface area contributed by atoms with Crippen LogP contribution >= 0.6 is 0 Å². The second kappa shape index (κ2) is 13.7. The summed E-state index contributed by atoms with van der Waals surface area (Å²) < 4.78 is 6.61. The number of fused-ring (bicyclic) bond motifs is 7. The molecule has 62 heavy (non-hydrogen) atoms. The van der Waals surface area contributed by atoms with Crippen LogP contribution < -0.4 is 26.2 Å². The number of rotatable bonds is 5. The maximum atomic E-state index is 6.61. The largest absolute Gasteiger partial charge is 0.436 e. The summed E-state index contributed by atoms with van der Waals surface area (Å²) in [5, 5.41) is 4.84. The minimum absolute atomic E-state index is 0.0587. The molecule has 288 valence electrons. The molecule has 0 radical (unpaired) electrons. The first-order chi connectivity index (χ1) is 30.7. The zero-order chi connectivity index (χ0) is 40.7. The van der Waals surface area contributed by atoms with E-state index in [1.165, 1.54) is 60.2 Å². The molecule has 5 heteroatoms. The number of hydrogen-bond acceptors (Lipinski definition) is 4. The lowest BCUT2D eigenvalue weighted by Crippen LogP contribution is -2.61. The van der Waals surface area contributed by atoms with Gasteiger partial charge in [-0.2, -0.15) is 0 Å². The van der Waals surface area contributed by atoms with Gasteiger partial charge >= 0.3 is 0 Å². The van der Waals surface area contributed by atoms with E-state index in [0.29, 0.717) is 5.89 Å². The molecule has 2 aliphatic rings. The minimum atomic E-state index is -0.0587. The third kappa shape index (κ3) is 5.45. The smallest absolute Gasteiger partial charge is 0.252 e. The molecule has 3 heterocycles. The third-order valence-corrected chi connectivity index (χ3v) is 12.8. The van der Waals surface area contributed by atoms with Crippen LogP contribution in [0.4, 0.5) is 34.1 Å². The van der Waals surface area contributed by atoms with E-state index in [0.717, 1.165) is 50.8 Å². The predicted molar refractivity (Wildman–Crippen MR) is 259 cm³/mol. The average Bonchev–Trinajstić information content (AvgIpc) is 3.78. The first-order valence-electron chi connectivity index (χ1n) is 21.2. The van der Waals surface area contributed by atoms with Gasteiger partial charge in [-0.15, -0.1) is 0 Å². The van der Waals surface area contributed by atoms with Gasteiger partial charge in [0.15, 0.2) is 5.58 Å². The van der Waals surface area contributed by atoms with Crippen molar-refractivity contribution in [2.75, 3.05) is 9.80 Å². The molecule has 2 aliphatic heterocycles. The van der Waals surface area contributed by atoms with Crippen LogP contribution in [0, 0.1) is 0 Å². The fraction of sp³-hybridized carbons (Fsp3) is 0. The highest BCUT2D eigenvalue weighted by Crippen LogP contribution is 2.47. The van der Waals surface area contributed by atoms with Crippen molar-refractivity contribution in [3.63, 3.8) is 0 Å². The van der Waals surface area contributed by atoms with Crippen molar-refractivity contribution in [3.05, 3.63) is 218 Å². The summed E-state index contributed by atoms with van der Waals surface area (Å²) in [7, 11) is 0. The molecule has 11 aromatic rings. The van der Waals surface area contributed by atoms with Gasteiger partial charge < -0.3 is 14.2 Å². The molecule has 0 unspecified atom stereocenters. The molecule has 0 saturated carbocycles. The first-order valence-corrected chi connectivity index (χ1v) is 21.2. The standard InChI is InChI=1S/C57H36BN3O/c1-3-13-37(14-4-1)39-23-27-46(28-24-39)60-51-33-43-19-9-7-17-41(43)31-48(51)58-49-32-42-18-8-10-20-44(42)34-52(49)61(47-29-25-40(26-30-47)38-15-5-2-6-16-38)54-36-45(35-53(60)56(54)58)57-59-50-21-11-12-22-55(50)62-57/h1-36H. The van der Waals surface area contributed by atoms with E-state index in [4.69, 9.17) is 9.40 Å².